The molecule has 0 amide bonds. The minimum Gasteiger partial charge on any atom is -0.478 e. The van der Waals surface area contributed by atoms with E-state index in [-0.39, 0.29) is 24.8 Å². The van der Waals surface area contributed by atoms with Crippen LogP contribution in [0.3, 0.4) is 0 Å². The topological polar surface area (TPSA) is 37.3 Å². The Morgan fingerprint density at radius 3 is 2.15 bits per heavy atom. The van der Waals surface area contributed by atoms with Crippen LogP contribution >= 0.6 is 24.8 Å². The molecule has 0 bridgehead atoms. The summed E-state index contributed by atoms with van der Waals surface area (Å²) < 4.78 is 0. The molecule has 2 nitrogen and oxygen atoms in total. The van der Waals surface area contributed by atoms with E-state index in [9.17, 15) is 4.79 Å². The highest BCUT2D eigenvalue weighted by Gasteiger charge is 1.85. The Morgan fingerprint density at radius 1 is 1.15 bits per heavy atom. The van der Waals surface area contributed by atoms with E-state index in [1.54, 1.807) is 6.08 Å². The van der Waals surface area contributed by atoms with Crippen LogP contribution in [0.15, 0.2) is 36.4 Å². The lowest BCUT2D eigenvalue weighted by Gasteiger charge is -1.87. The van der Waals surface area contributed by atoms with E-state index in [0.29, 0.717) is 0 Å². The maximum atomic E-state index is 10.1. The largest absolute Gasteiger partial charge is 0.478 e. The van der Waals surface area contributed by atoms with Crippen molar-refractivity contribution >= 4 is 36.9 Å². The minimum atomic E-state index is -0.922. The highest BCUT2D eigenvalue weighted by Crippen LogP contribution is 1.99. The van der Waals surface area contributed by atoms with Gasteiger partial charge in [0.1, 0.15) is 0 Å². The molecule has 0 fully saturated rings. The van der Waals surface area contributed by atoms with Crippen molar-refractivity contribution in [1.29, 1.82) is 0 Å². The zero-order chi connectivity index (χ0) is 8.10. The maximum Gasteiger partial charge on any atom is 0.328 e. The molecule has 0 aliphatic carbocycles. The van der Waals surface area contributed by atoms with E-state index in [4.69, 9.17) is 5.11 Å². The van der Waals surface area contributed by atoms with Crippen LogP contribution in [0, 0.1) is 0 Å². The predicted molar refractivity (Wildman–Crippen MR) is 57.6 cm³/mol. The number of rotatable bonds is 2. The third kappa shape index (κ3) is 6.20. The molecule has 4 heteroatoms. The third-order valence-electron chi connectivity index (χ3n) is 1.22. The van der Waals surface area contributed by atoms with Crippen LogP contribution in [0.2, 0.25) is 0 Å². The molecule has 1 N–H and O–H groups in total. The van der Waals surface area contributed by atoms with Gasteiger partial charge in [0.15, 0.2) is 0 Å². The van der Waals surface area contributed by atoms with E-state index in [1.165, 1.54) is 0 Å². The van der Waals surface area contributed by atoms with Gasteiger partial charge in [0.2, 0.25) is 0 Å². The summed E-state index contributed by atoms with van der Waals surface area (Å²) >= 11 is 0. The third-order valence-corrected chi connectivity index (χ3v) is 1.22. The molecule has 72 valence electrons. The summed E-state index contributed by atoms with van der Waals surface area (Å²) in [6, 6.07) is 9.31. The maximum absolute atomic E-state index is 10.1. The summed E-state index contributed by atoms with van der Waals surface area (Å²) in [5.41, 5.74) is 0.898. The van der Waals surface area contributed by atoms with Crippen LogP contribution in [0.1, 0.15) is 5.56 Å². The fourth-order valence-electron chi connectivity index (χ4n) is 0.732. The average Bonchev–Trinajstić information content (AvgIpc) is 2.03. The first-order chi connectivity index (χ1) is 5.29. The molecular weight excluding hydrogens is 211 g/mol. The smallest absolute Gasteiger partial charge is 0.328 e. The Balaban J connectivity index is 0. The minimum absolute atomic E-state index is 0. The number of benzene rings is 1. The summed E-state index contributed by atoms with van der Waals surface area (Å²) in [5.74, 6) is -0.922. The van der Waals surface area contributed by atoms with Crippen molar-refractivity contribution in [2.75, 3.05) is 0 Å². The summed E-state index contributed by atoms with van der Waals surface area (Å²) in [5, 5.41) is 8.29. The second-order valence-corrected chi connectivity index (χ2v) is 2.08. The Labute approximate surface area is 89.1 Å². The molecule has 0 aliphatic rings. The van der Waals surface area contributed by atoms with Crippen LogP contribution in [-0.2, 0) is 4.79 Å². The number of carboxylic acid groups (broad SMARTS) is 1. The van der Waals surface area contributed by atoms with Gasteiger partial charge in [-0.3, -0.25) is 0 Å². The SMILES string of the molecule is Cl.Cl.O=C(O)C=Cc1ccccc1. The molecule has 1 rings (SSSR count). The highest BCUT2D eigenvalue weighted by molar-refractivity contribution is 5.86. The number of carboxylic acids is 1. The Morgan fingerprint density at radius 2 is 1.69 bits per heavy atom. The quantitative estimate of drug-likeness (QED) is 0.779. The monoisotopic (exact) mass is 220 g/mol. The van der Waals surface area contributed by atoms with Gasteiger partial charge < -0.3 is 5.11 Å². The normalized spacial score (nSPS) is 8.62. The van der Waals surface area contributed by atoms with Gasteiger partial charge in [-0.25, -0.2) is 4.79 Å². The van der Waals surface area contributed by atoms with E-state index in [0.717, 1.165) is 11.6 Å². The first kappa shape index (κ1) is 14.5. The number of carbonyl (C=O) groups is 1. The van der Waals surface area contributed by atoms with E-state index in [1.807, 2.05) is 30.3 Å². The lowest BCUT2D eigenvalue weighted by Crippen LogP contribution is -1.85. The van der Waals surface area contributed by atoms with Crippen LogP contribution in [0.25, 0.3) is 6.08 Å². The van der Waals surface area contributed by atoms with E-state index >= 15 is 0 Å². The Kier molecular flexibility index (Phi) is 8.55. The molecule has 0 unspecified atom stereocenters. The van der Waals surface area contributed by atoms with Crippen LogP contribution in [-0.4, -0.2) is 11.1 Å². The number of hydrogen-bond donors (Lipinski definition) is 1. The van der Waals surface area contributed by atoms with Gasteiger partial charge in [0, 0.05) is 6.08 Å². The second kappa shape index (κ2) is 7.65. The molecular formula is C9H10Cl2O2. The van der Waals surface area contributed by atoms with Crippen LogP contribution in [0.4, 0.5) is 0 Å². The van der Waals surface area contributed by atoms with Crippen molar-refractivity contribution < 1.29 is 9.90 Å². The molecule has 0 aromatic heterocycles. The van der Waals surface area contributed by atoms with Crippen molar-refractivity contribution in [2.45, 2.75) is 0 Å². The van der Waals surface area contributed by atoms with Gasteiger partial charge in [0.25, 0.3) is 0 Å². The van der Waals surface area contributed by atoms with Crippen molar-refractivity contribution in [1.82, 2.24) is 0 Å². The highest BCUT2D eigenvalue weighted by atomic mass is 35.5. The standard InChI is InChI=1S/C9H8O2.2ClH/c10-9(11)7-6-8-4-2-1-3-5-8;;/h1-7H,(H,10,11);2*1H. The Hall–Kier alpha value is -0.990. The van der Waals surface area contributed by atoms with Crippen LogP contribution in [0.5, 0.6) is 0 Å². The molecule has 1 aromatic carbocycles. The number of hydrogen-bond acceptors (Lipinski definition) is 1. The van der Waals surface area contributed by atoms with Gasteiger partial charge in [0.05, 0.1) is 0 Å². The molecule has 0 saturated carbocycles. The van der Waals surface area contributed by atoms with Gasteiger partial charge in [-0.15, -0.1) is 24.8 Å². The average molecular weight is 221 g/mol. The molecule has 0 radical (unpaired) electrons. The molecule has 0 saturated heterocycles. The lowest BCUT2D eigenvalue weighted by atomic mass is 10.2. The van der Waals surface area contributed by atoms with Gasteiger partial charge in [-0.05, 0) is 11.6 Å². The van der Waals surface area contributed by atoms with Crippen molar-refractivity contribution in [3.8, 4) is 0 Å². The van der Waals surface area contributed by atoms with Crippen molar-refractivity contribution in [3.05, 3.63) is 42.0 Å². The van der Waals surface area contributed by atoms with Crippen molar-refractivity contribution in [3.63, 3.8) is 0 Å². The summed E-state index contributed by atoms with van der Waals surface area (Å²) in [7, 11) is 0. The molecule has 0 spiro atoms. The summed E-state index contributed by atoms with van der Waals surface area (Å²) in [6.45, 7) is 0. The number of halogens is 2. The molecule has 0 aliphatic heterocycles. The zero-order valence-corrected chi connectivity index (χ0v) is 8.35. The molecule has 0 heterocycles. The van der Waals surface area contributed by atoms with Gasteiger partial charge in [-0.1, -0.05) is 30.3 Å². The Bertz CT molecular complexity index is 270. The van der Waals surface area contributed by atoms with E-state index in [2.05, 4.69) is 0 Å². The van der Waals surface area contributed by atoms with Gasteiger partial charge in [-0.2, -0.15) is 0 Å². The summed E-state index contributed by atoms with van der Waals surface area (Å²) in [4.78, 5) is 10.1. The zero-order valence-electron chi connectivity index (χ0n) is 6.71. The summed E-state index contributed by atoms with van der Waals surface area (Å²) in [6.07, 6.45) is 2.68. The first-order valence-corrected chi connectivity index (χ1v) is 3.25. The fourth-order valence-corrected chi connectivity index (χ4v) is 0.732. The molecule has 13 heavy (non-hydrogen) atoms. The van der Waals surface area contributed by atoms with Crippen LogP contribution < -0.4 is 0 Å². The van der Waals surface area contributed by atoms with Crippen molar-refractivity contribution in [2.24, 2.45) is 0 Å². The fraction of sp³-hybridized carbons (Fsp3) is 0. The lowest BCUT2D eigenvalue weighted by molar-refractivity contribution is -0.131. The molecule has 0 atom stereocenters. The number of aliphatic carboxylic acids is 1. The second-order valence-electron chi connectivity index (χ2n) is 2.08. The first-order valence-electron chi connectivity index (χ1n) is 3.25. The molecule has 1 aromatic rings. The van der Waals surface area contributed by atoms with E-state index < -0.39 is 5.97 Å². The van der Waals surface area contributed by atoms with Gasteiger partial charge >= 0.3 is 5.97 Å². The predicted octanol–water partition coefficient (Wildman–Crippen LogP) is 2.63.